The monoisotopic (exact) mass is 381 g/mol. The molecule has 2 aromatic carbocycles. The summed E-state index contributed by atoms with van der Waals surface area (Å²) in [6.45, 7) is 6.31. The number of aryl methyl sites for hydroxylation is 1. The maximum absolute atomic E-state index is 12.7. The molecule has 0 aromatic heterocycles. The van der Waals surface area contributed by atoms with Crippen molar-refractivity contribution in [1.29, 1.82) is 0 Å². The van der Waals surface area contributed by atoms with E-state index in [4.69, 9.17) is 4.74 Å². The highest BCUT2D eigenvalue weighted by molar-refractivity contribution is 6.03. The zero-order valence-corrected chi connectivity index (χ0v) is 16.5. The molecular weight excluding hydrogens is 354 g/mol. The molecule has 1 aliphatic rings. The van der Waals surface area contributed by atoms with Crippen LogP contribution < -0.4 is 20.3 Å². The smallest absolute Gasteiger partial charge is 0.253 e. The van der Waals surface area contributed by atoms with Gasteiger partial charge >= 0.3 is 0 Å². The van der Waals surface area contributed by atoms with Crippen LogP contribution in [0.1, 0.15) is 35.7 Å². The first kappa shape index (κ1) is 19.7. The molecule has 0 bridgehead atoms. The van der Waals surface area contributed by atoms with Crippen LogP contribution in [0.25, 0.3) is 0 Å². The maximum atomic E-state index is 12.7. The van der Waals surface area contributed by atoms with E-state index in [1.165, 1.54) is 0 Å². The van der Waals surface area contributed by atoms with Crippen LogP contribution >= 0.6 is 0 Å². The van der Waals surface area contributed by atoms with Gasteiger partial charge in [-0.3, -0.25) is 9.59 Å². The Morgan fingerprint density at radius 2 is 1.79 bits per heavy atom. The molecular formula is C22H27N3O3. The number of amides is 2. The summed E-state index contributed by atoms with van der Waals surface area (Å²) in [5.74, 6) is 0.253. The third kappa shape index (κ3) is 5.03. The third-order valence-electron chi connectivity index (χ3n) is 4.70. The summed E-state index contributed by atoms with van der Waals surface area (Å²) in [5, 5.41) is 5.52. The second-order valence-electron chi connectivity index (χ2n) is 6.90. The second kappa shape index (κ2) is 9.26. The lowest BCUT2D eigenvalue weighted by molar-refractivity contribution is -0.115. The molecule has 2 amide bonds. The molecule has 0 unspecified atom stereocenters. The van der Waals surface area contributed by atoms with E-state index >= 15 is 0 Å². The van der Waals surface area contributed by atoms with Gasteiger partial charge in [-0.2, -0.15) is 0 Å². The summed E-state index contributed by atoms with van der Waals surface area (Å²) in [5.41, 5.74) is 3.24. The molecule has 6 heteroatoms. The van der Waals surface area contributed by atoms with E-state index in [9.17, 15) is 9.59 Å². The third-order valence-corrected chi connectivity index (χ3v) is 4.70. The number of rotatable bonds is 7. The van der Waals surface area contributed by atoms with Gasteiger partial charge in [-0.15, -0.1) is 0 Å². The molecule has 2 aromatic rings. The summed E-state index contributed by atoms with van der Waals surface area (Å²) >= 11 is 0. The normalized spacial score (nSPS) is 13.3. The molecule has 28 heavy (non-hydrogen) atoms. The molecule has 1 fully saturated rings. The molecule has 3 rings (SSSR count). The molecule has 0 atom stereocenters. The highest BCUT2D eigenvalue weighted by Gasteiger charge is 2.20. The van der Waals surface area contributed by atoms with Crippen molar-refractivity contribution >= 4 is 23.2 Å². The van der Waals surface area contributed by atoms with E-state index in [1.54, 1.807) is 24.3 Å². The fourth-order valence-corrected chi connectivity index (χ4v) is 3.33. The van der Waals surface area contributed by atoms with Gasteiger partial charge in [-0.05, 0) is 63.1 Å². The number of ether oxygens (including phenoxy) is 1. The van der Waals surface area contributed by atoms with Gasteiger partial charge in [-0.1, -0.05) is 11.6 Å². The van der Waals surface area contributed by atoms with Crippen LogP contribution in [0, 0.1) is 6.92 Å². The van der Waals surface area contributed by atoms with Crippen molar-refractivity contribution in [2.75, 3.05) is 36.5 Å². The number of nitrogens with one attached hydrogen (secondary N) is 2. The summed E-state index contributed by atoms with van der Waals surface area (Å²) in [6, 6.07) is 13.0. The predicted molar refractivity (Wildman–Crippen MR) is 111 cm³/mol. The Morgan fingerprint density at radius 1 is 1.07 bits per heavy atom. The van der Waals surface area contributed by atoms with Crippen LogP contribution in [-0.4, -0.2) is 38.1 Å². The van der Waals surface area contributed by atoms with Gasteiger partial charge in [-0.25, -0.2) is 0 Å². The number of nitrogens with zero attached hydrogens (tertiary/aromatic N) is 1. The molecule has 6 nitrogen and oxygen atoms in total. The van der Waals surface area contributed by atoms with E-state index in [1.807, 2.05) is 32.0 Å². The first-order valence-corrected chi connectivity index (χ1v) is 9.73. The van der Waals surface area contributed by atoms with Crippen molar-refractivity contribution in [3.8, 4) is 5.75 Å². The highest BCUT2D eigenvalue weighted by Crippen LogP contribution is 2.25. The van der Waals surface area contributed by atoms with Crippen LogP contribution in [0.3, 0.4) is 0 Å². The average Bonchev–Trinajstić information content (AvgIpc) is 3.22. The van der Waals surface area contributed by atoms with Gasteiger partial charge in [0.15, 0.2) is 0 Å². The lowest BCUT2D eigenvalue weighted by atomic mass is 10.1. The minimum Gasteiger partial charge on any atom is -0.494 e. The number of hydrogen-bond acceptors (Lipinski definition) is 4. The van der Waals surface area contributed by atoms with Crippen molar-refractivity contribution < 1.29 is 14.3 Å². The summed E-state index contributed by atoms with van der Waals surface area (Å²) in [6.07, 6.45) is 2.28. The van der Waals surface area contributed by atoms with Crippen molar-refractivity contribution in [3.05, 3.63) is 53.6 Å². The Hall–Kier alpha value is -3.02. The Morgan fingerprint density at radius 3 is 2.46 bits per heavy atom. The zero-order valence-electron chi connectivity index (χ0n) is 16.5. The van der Waals surface area contributed by atoms with Crippen molar-refractivity contribution in [2.24, 2.45) is 0 Å². The Balaban J connectivity index is 1.59. The maximum Gasteiger partial charge on any atom is 0.253 e. The Labute approximate surface area is 165 Å². The van der Waals surface area contributed by atoms with Crippen LogP contribution in [0.5, 0.6) is 5.75 Å². The standard InChI is InChI=1S/C22H27N3O3/c1-3-28-18-9-7-17(8-10-18)24-21(26)15-23-22(27)19-14-16(2)6-11-20(19)25-12-4-5-13-25/h6-11,14H,3-5,12-13,15H2,1-2H3,(H,23,27)(H,24,26). The average molecular weight is 381 g/mol. The molecule has 148 valence electrons. The fourth-order valence-electron chi connectivity index (χ4n) is 3.33. The van der Waals surface area contributed by atoms with Crippen molar-refractivity contribution in [3.63, 3.8) is 0 Å². The summed E-state index contributed by atoms with van der Waals surface area (Å²) in [7, 11) is 0. The summed E-state index contributed by atoms with van der Waals surface area (Å²) in [4.78, 5) is 27.1. The lowest BCUT2D eigenvalue weighted by Gasteiger charge is -2.21. The molecule has 0 spiro atoms. The topological polar surface area (TPSA) is 70.7 Å². The number of carbonyl (C=O) groups is 2. The van der Waals surface area contributed by atoms with Gasteiger partial charge in [0.2, 0.25) is 5.91 Å². The Kier molecular flexibility index (Phi) is 6.53. The fraction of sp³-hybridized carbons (Fsp3) is 0.364. The first-order chi connectivity index (χ1) is 13.6. The number of anilines is 2. The van der Waals surface area contributed by atoms with Gasteiger partial charge in [0.1, 0.15) is 5.75 Å². The van der Waals surface area contributed by atoms with E-state index in [0.29, 0.717) is 17.9 Å². The molecule has 0 radical (unpaired) electrons. The predicted octanol–water partition coefficient (Wildman–Crippen LogP) is 3.36. The van der Waals surface area contributed by atoms with Gasteiger partial charge in [0, 0.05) is 24.5 Å². The molecule has 1 saturated heterocycles. The molecule has 1 aliphatic heterocycles. The number of hydrogen-bond donors (Lipinski definition) is 2. The number of benzene rings is 2. The van der Waals surface area contributed by atoms with Crippen molar-refractivity contribution in [1.82, 2.24) is 5.32 Å². The quantitative estimate of drug-likeness (QED) is 0.772. The van der Waals surface area contributed by atoms with Gasteiger partial charge in [0.25, 0.3) is 5.91 Å². The minimum absolute atomic E-state index is 0.0839. The van der Waals surface area contributed by atoms with E-state index in [-0.39, 0.29) is 18.4 Å². The van der Waals surface area contributed by atoms with Crippen LogP contribution in [0.2, 0.25) is 0 Å². The summed E-state index contributed by atoms with van der Waals surface area (Å²) < 4.78 is 5.38. The second-order valence-corrected chi connectivity index (χ2v) is 6.90. The van der Waals surface area contributed by atoms with E-state index in [0.717, 1.165) is 42.9 Å². The molecule has 2 N–H and O–H groups in total. The van der Waals surface area contributed by atoms with Crippen LogP contribution in [0.4, 0.5) is 11.4 Å². The van der Waals surface area contributed by atoms with Gasteiger partial charge in [0.05, 0.1) is 18.7 Å². The van der Waals surface area contributed by atoms with Gasteiger partial charge < -0.3 is 20.3 Å². The largest absolute Gasteiger partial charge is 0.494 e. The molecule has 0 saturated carbocycles. The Bertz CT molecular complexity index is 827. The minimum atomic E-state index is -0.270. The van der Waals surface area contributed by atoms with Crippen molar-refractivity contribution in [2.45, 2.75) is 26.7 Å². The molecule has 1 heterocycles. The molecule has 0 aliphatic carbocycles. The SMILES string of the molecule is CCOc1ccc(NC(=O)CNC(=O)c2cc(C)ccc2N2CCCC2)cc1. The zero-order chi connectivity index (χ0) is 19.9. The number of carbonyl (C=O) groups excluding carboxylic acids is 2. The highest BCUT2D eigenvalue weighted by atomic mass is 16.5. The van der Waals surface area contributed by atoms with E-state index < -0.39 is 0 Å². The van der Waals surface area contributed by atoms with E-state index in [2.05, 4.69) is 15.5 Å². The first-order valence-electron chi connectivity index (χ1n) is 9.73. The van der Waals surface area contributed by atoms with Crippen LogP contribution in [-0.2, 0) is 4.79 Å². The lowest BCUT2D eigenvalue weighted by Crippen LogP contribution is -2.34. The van der Waals surface area contributed by atoms with Crippen LogP contribution in [0.15, 0.2) is 42.5 Å².